The van der Waals surface area contributed by atoms with Gasteiger partial charge in [0.15, 0.2) is 0 Å². The van der Waals surface area contributed by atoms with E-state index in [-0.39, 0.29) is 23.4 Å². The Morgan fingerprint density at radius 1 is 1.03 bits per heavy atom. The zero-order valence-electron chi connectivity index (χ0n) is 19.2. The lowest BCUT2D eigenvalue weighted by Crippen LogP contribution is -2.42. The number of aromatic carboxylic acids is 1. The van der Waals surface area contributed by atoms with E-state index < -0.39 is 5.97 Å². The number of carbonyl (C=O) groups is 2. The fourth-order valence-corrected chi connectivity index (χ4v) is 4.02. The number of rotatable bonds is 5. The Bertz CT molecular complexity index is 844. The number of aromatic nitrogens is 1. The molecule has 1 saturated carbocycles. The molecule has 0 radical (unpaired) electrons. The number of hydrogen-bond donors (Lipinski definition) is 1. The quantitative estimate of drug-likeness (QED) is 0.647. The number of carboxylic acid groups (broad SMARTS) is 1. The Kier molecular flexibility index (Phi) is 8.27. The molecule has 0 bridgehead atoms. The van der Waals surface area contributed by atoms with E-state index in [9.17, 15) is 14.7 Å². The minimum Gasteiger partial charge on any atom is -0.478 e. The molecule has 3 rings (SSSR count). The van der Waals surface area contributed by atoms with Gasteiger partial charge in [-0.15, -0.1) is 0 Å². The zero-order chi connectivity index (χ0) is 22.4. The Morgan fingerprint density at radius 3 is 2.10 bits per heavy atom. The number of nitrogens with zero attached hydrogens (tertiary/aromatic N) is 2. The third kappa shape index (κ3) is 5.32. The van der Waals surface area contributed by atoms with Gasteiger partial charge in [0.1, 0.15) is 5.56 Å². The molecule has 1 N–H and O–H groups in total. The van der Waals surface area contributed by atoms with E-state index in [1.807, 2.05) is 58.9 Å². The second kappa shape index (κ2) is 10.5. The Hall–Kier alpha value is -2.56. The van der Waals surface area contributed by atoms with Gasteiger partial charge < -0.3 is 14.6 Å². The van der Waals surface area contributed by atoms with Crippen molar-refractivity contribution in [1.82, 2.24) is 4.57 Å². The third-order valence-corrected chi connectivity index (χ3v) is 5.75. The lowest BCUT2D eigenvalue weighted by molar-refractivity contribution is -0.123. The van der Waals surface area contributed by atoms with Gasteiger partial charge in [0.05, 0.1) is 5.69 Å². The van der Waals surface area contributed by atoms with E-state index in [0.29, 0.717) is 11.6 Å². The number of hydrogen-bond acceptors (Lipinski definition) is 2. The highest BCUT2D eigenvalue weighted by atomic mass is 16.4. The maximum Gasteiger partial charge on any atom is 0.339 e. The maximum absolute atomic E-state index is 13.3. The average Bonchev–Trinajstić information content (AvgIpc) is 3.15. The standard InChI is InChI=1S/C23H30N2O3.C2H6/c1-15(2)25(22(26)18-9-5-16(3)6-10-18)21-14-24(13-20(21)23(27)28)19-11-7-17(4)8-12-19;1-2/h7-8,11-16,18H,5-6,9-10H2,1-4H3,(H,27,28);1-2H3. The average molecular weight is 413 g/mol. The van der Waals surface area contributed by atoms with E-state index in [4.69, 9.17) is 0 Å². The summed E-state index contributed by atoms with van der Waals surface area (Å²) in [6.07, 6.45) is 7.25. The van der Waals surface area contributed by atoms with Crippen molar-refractivity contribution in [3.05, 3.63) is 47.8 Å². The first-order valence-electron chi connectivity index (χ1n) is 11.1. The number of carbonyl (C=O) groups excluding carboxylic acids is 1. The highest BCUT2D eigenvalue weighted by Crippen LogP contribution is 2.33. The van der Waals surface area contributed by atoms with Gasteiger partial charge in [-0.1, -0.05) is 38.5 Å². The van der Waals surface area contributed by atoms with Gasteiger partial charge in [-0.05, 0) is 64.5 Å². The molecule has 1 aromatic carbocycles. The number of carboxylic acids is 1. The Balaban J connectivity index is 0.00000155. The fraction of sp³-hybridized carbons (Fsp3) is 0.520. The van der Waals surface area contributed by atoms with Crippen LogP contribution in [0.4, 0.5) is 5.69 Å². The summed E-state index contributed by atoms with van der Waals surface area (Å²) < 4.78 is 1.80. The van der Waals surface area contributed by atoms with Crippen LogP contribution in [0.5, 0.6) is 0 Å². The second-order valence-electron chi connectivity index (χ2n) is 8.36. The van der Waals surface area contributed by atoms with Crippen molar-refractivity contribution < 1.29 is 14.7 Å². The highest BCUT2D eigenvalue weighted by Gasteiger charge is 2.33. The summed E-state index contributed by atoms with van der Waals surface area (Å²) in [5.41, 5.74) is 2.65. The van der Waals surface area contributed by atoms with Crippen LogP contribution in [0.15, 0.2) is 36.7 Å². The molecular weight excluding hydrogens is 376 g/mol. The third-order valence-electron chi connectivity index (χ3n) is 5.75. The van der Waals surface area contributed by atoms with Crippen LogP contribution in [-0.4, -0.2) is 27.6 Å². The Morgan fingerprint density at radius 2 is 1.60 bits per heavy atom. The van der Waals surface area contributed by atoms with Crippen molar-refractivity contribution in [3.63, 3.8) is 0 Å². The van der Waals surface area contributed by atoms with Crippen LogP contribution in [0.1, 0.15) is 76.2 Å². The maximum atomic E-state index is 13.3. The number of anilines is 1. The summed E-state index contributed by atoms with van der Waals surface area (Å²) >= 11 is 0. The molecular formula is C25H36N2O3. The molecule has 0 spiro atoms. The topological polar surface area (TPSA) is 62.5 Å². The molecule has 1 amide bonds. The first kappa shape index (κ1) is 23.7. The molecule has 1 fully saturated rings. The van der Waals surface area contributed by atoms with Gasteiger partial charge in [0, 0.05) is 30.0 Å². The molecule has 0 unspecified atom stereocenters. The van der Waals surface area contributed by atoms with Gasteiger partial charge >= 0.3 is 5.97 Å². The van der Waals surface area contributed by atoms with Crippen LogP contribution >= 0.6 is 0 Å². The molecule has 1 aromatic heterocycles. The van der Waals surface area contributed by atoms with E-state index in [1.165, 1.54) is 0 Å². The summed E-state index contributed by atoms with van der Waals surface area (Å²) in [6, 6.07) is 7.77. The minimum absolute atomic E-state index is 0.0250. The predicted octanol–water partition coefficient (Wildman–Crippen LogP) is 6.08. The van der Waals surface area contributed by atoms with Crippen molar-refractivity contribution in [2.45, 2.75) is 73.3 Å². The molecule has 2 aromatic rings. The van der Waals surface area contributed by atoms with E-state index in [1.54, 1.807) is 21.9 Å². The molecule has 1 aliphatic carbocycles. The molecule has 1 aliphatic rings. The van der Waals surface area contributed by atoms with Crippen molar-refractivity contribution >= 4 is 17.6 Å². The summed E-state index contributed by atoms with van der Waals surface area (Å²) in [4.78, 5) is 27.0. The zero-order valence-corrected chi connectivity index (χ0v) is 19.2. The Labute approximate surface area is 180 Å². The first-order valence-corrected chi connectivity index (χ1v) is 11.1. The fourth-order valence-electron chi connectivity index (χ4n) is 4.02. The summed E-state index contributed by atoms with van der Waals surface area (Å²) in [5, 5.41) is 9.78. The van der Waals surface area contributed by atoms with Crippen molar-refractivity contribution in [3.8, 4) is 5.69 Å². The van der Waals surface area contributed by atoms with Crippen LogP contribution < -0.4 is 4.90 Å². The van der Waals surface area contributed by atoms with E-state index in [2.05, 4.69) is 6.92 Å². The van der Waals surface area contributed by atoms with Crippen LogP contribution in [0, 0.1) is 18.8 Å². The molecule has 30 heavy (non-hydrogen) atoms. The lowest BCUT2D eigenvalue weighted by Gasteiger charge is -2.33. The highest BCUT2D eigenvalue weighted by molar-refractivity contribution is 6.03. The molecule has 1 heterocycles. The van der Waals surface area contributed by atoms with Crippen molar-refractivity contribution in [2.75, 3.05) is 4.90 Å². The van der Waals surface area contributed by atoms with E-state index in [0.717, 1.165) is 36.9 Å². The molecule has 5 nitrogen and oxygen atoms in total. The van der Waals surface area contributed by atoms with Crippen LogP contribution in [0.2, 0.25) is 0 Å². The predicted molar refractivity (Wildman–Crippen MR) is 123 cm³/mol. The summed E-state index contributed by atoms with van der Waals surface area (Å²) in [7, 11) is 0. The van der Waals surface area contributed by atoms with Gasteiger partial charge in [0.2, 0.25) is 5.91 Å². The summed E-state index contributed by atoms with van der Waals surface area (Å²) in [5.74, 6) is -0.334. The van der Waals surface area contributed by atoms with Crippen LogP contribution in [0.25, 0.3) is 5.69 Å². The van der Waals surface area contributed by atoms with Crippen molar-refractivity contribution in [2.24, 2.45) is 11.8 Å². The summed E-state index contributed by atoms with van der Waals surface area (Å²) in [6.45, 7) is 12.1. The van der Waals surface area contributed by atoms with Crippen LogP contribution in [-0.2, 0) is 4.79 Å². The van der Waals surface area contributed by atoms with Gasteiger partial charge in [-0.25, -0.2) is 4.79 Å². The monoisotopic (exact) mass is 412 g/mol. The SMILES string of the molecule is CC.Cc1ccc(-n2cc(C(=O)O)c(N(C(=O)C3CCC(C)CC3)C(C)C)c2)cc1. The molecule has 164 valence electrons. The smallest absolute Gasteiger partial charge is 0.339 e. The molecule has 0 aliphatic heterocycles. The molecule has 0 atom stereocenters. The number of aryl methyl sites for hydroxylation is 1. The lowest BCUT2D eigenvalue weighted by atomic mass is 9.82. The normalized spacial score (nSPS) is 18.5. The largest absolute Gasteiger partial charge is 0.478 e. The minimum atomic E-state index is -1.02. The van der Waals surface area contributed by atoms with Crippen molar-refractivity contribution in [1.29, 1.82) is 0 Å². The molecule has 5 heteroatoms. The van der Waals surface area contributed by atoms with Gasteiger partial charge in [-0.2, -0.15) is 0 Å². The van der Waals surface area contributed by atoms with Gasteiger partial charge in [-0.3, -0.25) is 4.79 Å². The number of amides is 1. The van der Waals surface area contributed by atoms with Crippen LogP contribution in [0.3, 0.4) is 0 Å². The second-order valence-corrected chi connectivity index (χ2v) is 8.36. The number of benzene rings is 1. The van der Waals surface area contributed by atoms with E-state index >= 15 is 0 Å². The van der Waals surface area contributed by atoms with Gasteiger partial charge in [0.25, 0.3) is 0 Å². The first-order chi connectivity index (χ1) is 14.3. The molecule has 0 saturated heterocycles.